The fourth-order valence-electron chi connectivity index (χ4n) is 12.4. The Morgan fingerprint density at radius 2 is 0.420 bits per heavy atom. The molecule has 0 bridgehead atoms. The van der Waals surface area contributed by atoms with Crippen molar-refractivity contribution in [2.75, 3.05) is 39.6 Å². The fourth-order valence-corrected chi connectivity index (χ4v) is 14.0. The van der Waals surface area contributed by atoms with E-state index >= 15 is 0 Å². The molecule has 0 heterocycles. The molecule has 100 heavy (non-hydrogen) atoms. The van der Waals surface area contributed by atoms with Crippen LogP contribution in [0.25, 0.3) is 0 Å². The minimum Gasteiger partial charge on any atom is -0.462 e. The number of phosphoric ester groups is 2. The van der Waals surface area contributed by atoms with Crippen molar-refractivity contribution in [3.63, 3.8) is 0 Å². The molecule has 0 saturated carbocycles. The van der Waals surface area contributed by atoms with Crippen LogP contribution in [0.2, 0.25) is 0 Å². The summed E-state index contributed by atoms with van der Waals surface area (Å²) in [5.41, 5.74) is 0. The first-order valence-electron chi connectivity index (χ1n) is 41.7. The van der Waals surface area contributed by atoms with Crippen LogP contribution in [-0.4, -0.2) is 96.7 Å². The molecule has 19 heteroatoms. The Morgan fingerprint density at radius 3 is 0.620 bits per heavy atom. The Kier molecular flexibility index (Phi) is 68.7. The van der Waals surface area contributed by atoms with E-state index in [1.807, 2.05) is 0 Å². The molecule has 0 spiro atoms. The standard InChI is InChI=1S/C81H158O17P2/c1-71(2)57-49-41-33-26-20-15-11-9-10-12-17-23-29-37-45-53-61-78(83)91-67-76(97-81(86)64-56-48-39-31-25-19-22-28-35-43-51-59-73(5)6)69-95-99(87,88)93-65-75(82)66-94-100(89,90)96-70-77(68-92-79(84)62-54-46-40-32-36-44-52-60-74(7)8)98-80(85)63-55-47-38-30-24-18-14-13-16-21-27-34-42-50-58-72(3)4/h71-77,82H,9-70H2,1-8H3,(H,87,88)(H,89,90)/t75?,76-,77-/m1/s1. The van der Waals surface area contributed by atoms with Gasteiger partial charge in [-0.1, -0.05) is 364 Å². The molecule has 0 aromatic heterocycles. The van der Waals surface area contributed by atoms with Gasteiger partial charge < -0.3 is 33.8 Å². The number of ether oxygens (including phenoxy) is 4. The van der Waals surface area contributed by atoms with Gasteiger partial charge in [0.05, 0.1) is 26.4 Å². The number of unbranched alkanes of at least 4 members (excludes halogenated alkanes) is 44. The molecule has 3 N–H and O–H groups in total. The normalized spacial score (nSPS) is 14.0. The van der Waals surface area contributed by atoms with Crippen molar-refractivity contribution in [3.8, 4) is 0 Å². The van der Waals surface area contributed by atoms with Crippen LogP contribution in [0.3, 0.4) is 0 Å². The van der Waals surface area contributed by atoms with Crippen molar-refractivity contribution in [2.45, 2.75) is 433 Å². The van der Waals surface area contributed by atoms with Gasteiger partial charge in [-0.25, -0.2) is 9.13 Å². The van der Waals surface area contributed by atoms with E-state index in [9.17, 15) is 43.2 Å². The second-order valence-corrected chi connectivity index (χ2v) is 34.0. The summed E-state index contributed by atoms with van der Waals surface area (Å²) in [4.78, 5) is 73.0. The van der Waals surface area contributed by atoms with Gasteiger partial charge in [-0.2, -0.15) is 0 Å². The third kappa shape index (κ3) is 74.3. The molecule has 594 valence electrons. The Morgan fingerprint density at radius 1 is 0.250 bits per heavy atom. The quantitative estimate of drug-likeness (QED) is 0.0222. The third-order valence-corrected chi connectivity index (χ3v) is 20.7. The number of aliphatic hydroxyl groups excluding tert-OH is 1. The molecule has 0 aliphatic heterocycles. The molecule has 0 saturated heterocycles. The van der Waals surface area contributed by atoms with Gasteiger partial charge in [0.25, 0.3) is 0 Å². The van der Waals surface area contributed by atoms with Crippen LogP contribution in [0.1, 0.15) is 415 Å². The highest BCUT2D eigenvalue weighted by Gasteiger charge is 2.30. The highest BCUT2D eigenvalue weighted by molar-refractivity contribution is 7.47. The largest absolute Gasteiger partial charge is 0.472 e. The van der Waals surface area contributed by atoms with Gasteiger partial charge in [-0.3, -0.25) is 37.3 Å². The van der Waals surface area contributed by atoms with Gasteiger partial charge >= 0.3 is 39.5 Å². The average molecular weight is 1470 g/mol. The first-order chi connectivity index (χ1) is 48.1. The summed E-state index contributed by atoms with van der Waals surface area (Å²) < 4.78 is 68.7. The zero-order valence-corrected chi connectivity index (χ0v) is 67.6. The zero-order valence-electron chi connectivity index (χ0n) is 65.8. The summed E-state index contributed by atoms with van der Waals surface area (Å²) in [6, 6.07) is 0. The minimum absolute atomic E-state index is 0.106. The summed E-state index contributed by atoms with van der Waals surface area (Å²) in [6.45, 7) is 14.2. The lowest BCUT2D eigenvalue weighted by atomic mass is 10.0. The molecule has 0 aromatic carbocycles. The molecule has 0 aliphatic carbocycles. The Labute approximate surface area is 613 Å². The number of phosphoric acid groups is 2. The van der Waals surface area contributed by atoms with Crippen LogP contribution < -0.4 is 0 Å². The van der Waals surface area contributed by atoms with E-state index in [1.54, 1.807) is 0 Å². The van der Waals surface area contributed by atoms with Gasteiger partial charge in [0, 0.05) is 25.7 Å². The second-order valence-electron chi connectivity index (χ2n) is 31.1. The molecule has 17 nitrogen and oxygen atoms in total. The monoisotopic (exact) mass is 1470 g/mol. The molecule has 0 aromatic rings. The van der Waals surface area contributed by atoms with Crippen LogP contribution in [-0.2, 0) is 65.4 Å². The summed E-state index contributed by atoms with van der Waals surface area (Å²) in [5.74, 6) is 0.963. The Bertz CT molecular complexity index is 1950. The number of esters is 4. The van der Waals surface area contributed by atoms with E-state index in [1.165, 1.54) is 212 Å². The summed E-state index contributed by atoms with van der Waals surface area (Å²) in [7, 11) is -9.92. The molecule has 0 fully saturated rings. The van der Waals surface area contributed by atoms with E-state index in [-0.39, 0.29) is 25.7 Å². The SMILES string of the molecule is CC(C)CCCCCCCCCCCCCCCCCCC(=O)OC[C@H](COP(=O)(O)OCC(O)COP(=O)(O)OC[C@@H](COC(=O)CCCCCCCCCC(C)C)OC(=O)CCCCCCCCCCCCCCCCC(C)C)OC(=O)CCCCCCCCCCCCCC(C)C. The number of carbonyl (C=O) groups is 4. The smallest absolute Gasteiger partial charge is 0.462 e. The molecule has 3 unspecified atom stereocenters. The second kappa shape index (κ2) is 70.1. The van der Waals surface area contributed by atoms with Gasteiger partial charge in [-0.05, 0) is 49.4 Å². The molecule has 0 amide bonds. The van der Waals surface area contributed by atoms with Crippen LogP contribution in [0, 0.1) is 23.7 Å². The van der Waals surface area contributed by atoms with E-state index in [0.29, 0.717) is 31.6 Å². The lowest BCUT2D eigenvalue weighted by molar-refractivity contribution is -0.161. The number of aliphatic hydroxyl groups is 1. The van der Waals surface area contributed by atoms with Gasteiger partial charge in [0.15, 0.2) is 12.2 Å². The van der Waals surface area contributed by atoms with Gasteiger partial charge in [0.2, 0.25) is 0 Å². The van der Waals surface area contributed by atoms with Crippen LogP contribution in [0.5, 0.6) is 0 Å². The summed E-state index contributed by atoms with van der Waals surface area (Å²) >= 11 is 0. The van der Waals surface area contributed by atoms with E-state index in [0.717, 1.165) is 114 Å². The van der Waals surface area contributed by atoms with Crippen molar-refractivity contribution in [1.29, 1.82) is 0 Å². The number of carbonyl (C=O) groups excluding carboxylic acids is 4. The third-order valence-electron chi connectivity index (χ3n) is 18.8. The maximum atomic E-state index is 13.1. The first-order valence-corrected chi connectivity index (χ1v) is 44.7. The zero-order chi connectivity index (χ0) is 73.8. The predicted molar refractivity (Wildman–Crippen MR) is 409 cm³/mol. The maximum absolute atomic E-state index is 13.1. The Balaban J connectivity index is 5.22. The van der Waals surface area contributed by atoms with Crippen molar-refractivity contribution in [2.24, 2.45) is 23.7 Å². The van der Waals surface area contributed by atoms with Crippen molar-refractivity contribution < 1.29 is 80.2 Å². The molecule has 5 atom stereocenters. The maximum Gasteiger partial charge on any atom is 0.472 e. The van der Waals surface area contributed by atoms with Crippen molar-refractivity contribution >= 4 is 39.5 Å². The molecular weight excluding hydrogens is 1310 g/mol. The predicted octanol–water partition coefficient (Wildman–Crippen LogP) is 24.0. The average Bonchev–Trinajstić information content (AvgIpc) is 0.945. The van der Waals surface area contributed by atoms with Crippen LogP contribution in [0.4, 0.5) is 0 Å². The van der Waals surface area contributed by atoms with E-state index in [2.05, 4.69) is 55.4 Å². The topological polar surface area (TPSA) is 237 Å². The van der Waals surface area contributed by atoms with E-state index in [4.69, 9.17) is 37.0 Å². The van der Waals surface area contributed by atoms with E-state index < -0.39 is 97.5 Å². The Hall–Kier alpha value is -1.94. The molecule has 0 rings (SSSR count). The number of hydrogen-bond acceptors (Lipinski definition) is 15. The highest BCUT2D eigenvalue weighted by atomic mass is 31.2. The highest BCUT2D eigenvalue weighted by Crippen LogP contribution is 2.45. The van der Waals surface area contributed by atoms with Crippen molar-refractivity contribution in [1.82, 2.24) is 0 Å². The molecular formula is C81H158O17P2. The summed E-state index contributed by atoms with van der Waals surface area (Å²) in [5, 5.41) is 10.6. The lowest BCUT2D eigenvalue weighted by Crippen LogP contribution is -2.30. The van der Waals surface area contributed by atoms with Gasteiger partial charge in [-0.15, -0.1) is 0 Å². The first kappa shape index (κ1) is 98.1. The van der Waals surface area contributed by atoms with Crippen LogP contribution in [0.15, 0.2) is 0 Å². The summed E-state index contributed by atoms with van der Waals surface area (Å²) in [6.07, 6.45) is 57.0. The van der Waals surface area contributed by atoms with Gasteiger partial charge in [0.1, 0.15) is 19.3 Å². The minimum atomic E-state index is -4.96. The number of hydrogen-bond donors (Lipinski definition) is 3. The lowest BCUT2D eigenvalue weighted by Gasteiger charge is -2.21. The van der Waals surface area contributed by atoms with Crippen molar-refractivity contribution in [3.05, 3.63) is 0 Å². The fraction of sp³-hybridized carbons (Fsp3) is 0.951. The number of rotatable bonds is 78. The van der Waals surface area contributed by atoms with Crippen LogP contribution >= 0.6 is 15.6 Å². The molecule has 0 aliphatic rings. The molecule has 0 radical (unpaired) electrons.